The number of nitrogens with one attached hydrogen (secondary N) is 2. The summed E-state index contributed by atoms with van der Waals surface area (Å²) in [6.07, 6.45) is 7.16. The van der Waals surface area contributed by atoms with Gasteiger partial charge in [0, 0.05) is 18.3 Å². The largest absolute Gasteiger partial charge is 0.344 e. The van der Waals surface area contributed by atoms with Gasteiger partial charge in [0.15, 0.2) is 0 Å². The lowest BCUT2D eigenvalue weighted by atomic mass is 10.0. The number of hydrogen-bond acceptors (Lipinski definition) is 4. The van der Waals surface area contributed by atoms with Gasteiger partial charge in [0.1, 0.15) is 5.82 Å². The Morgan fingerprint density at radius 3 is 2.90 bits per heavy atom. The van der Waals surface area contributed by atoms with Crippen LogP contribution in [0.2, 0.25) is 0 Å². The van der Waals surface area contributed by atoms with E-state index >= 15 is 0 Å². The van der Waals surface area contributed by atoms with Crippen LogP contribution in [0.25, 0.3) is 5.52 Å². The third-order valence-electron chi connectivity index (χ3n) is 4.72. The van der Waals surface area contributed by atoms with Gasteiger partial charge in [-0.15, -0.1) is 0 Å². The normalized spacial score (nSPS) is 27.6. The van der Waals surface area contributed by atoms with Gasteiger partial charge in [-0.05, 0) is 38.8 Å². The summed E-state index contributed by atoms with van der Waals surface area (Å²) in [5.41, 5.74) is 0.428. The van der Waals surface area contributed by atoms with E-state index in [0.717, 1.165) is 24.4 Å². The molecule has 2 N–H and O–H groups in total. The van der Waals surface area contributed by atoms with Crippen molar-refractivity contribution in [3.63, 3.8) is 0 Å². The van der Waals surface area contributed by atoms with E-state index in [0.29, 0.717) is 11.8 Å². The maximum atomic E-state index is 12.5. The van der Waals surface area contributed by atoms with Crippen molar-refractivity contribution in [3.05, 3.63) is 30.6 Å². The Hall–Kier alpha value is -1.95. The Balaban J connectivity index is 1.57. The van der Waals surface area contributed by atoms with E-state index in [2.05, 4.69) is 20.6 Å². The van der Waals surface area contributed by atoms with Crippen LogP contribution in [0.1, 0.15) is 19.7 Å². The second-order valence-electron chi connectivity index (χ2n) is 6.58. The molecule has 1 saturated heterocycles. The summed E-state index contributed by atoms with van der Waals surface area (Å²) >= 11 is 0. The molecule has 0 aromatic carbocycles. The molecule has 3 atom stereocenters. The topological polar surface area (TPSA) is 71.3 Å². The highest BCUT2D eigenvalue weighted by Gasteiger charge is 2.57. The number of carbonyl (C=O) groups is 1. The average molecular weight is 285 g/mol. The Bertz CT molecular complexity index is 697. The molecule has 1 saturated carbocycles. The predicted octanol–water partition coefficient (Wildman–Crippen LogP) is 0.546. The van der Waals surface area contributed by atoms with Gasteiger partial charge in [0.05, 0.1) is 23.4 Å². The Morgan fingerprint density at radius 2 is 2.14 bits per heavy atom. The lowest BCUT2D eigenvalue weighted by Gasteiger charge is -2.25. The lowest BCUT2D eigenvalue weighted by Crippen LogP contribution is -2.44. The highest BCUT2D eigenvalue weighted by atomic mass is 16.2. The maximum Gasteiger partial charge on any atom is 0.224 e. The summed E-state index contributed by atoms with van der Waals surface area (Å²) in [5, 5.41) is 6.49. The minimum absolute atomic E-state index is 0.155. The van der Waals surface area contributed by atoms with Crippen molar-refractivity contribution in [1.29, 1.82) is 0 Å². The molecule has 0 unspecified atom stereocenters. The first-order valence-electron chi connectivity index (χ1n) is 7.38. The molecule has 1 aliphatic carbocycles. The van der Waals surface area contributed by atoms with E-state index in [9.17, 15) is 4.79 Å². The van der Waals surface area contributed by atoms with Gasteiger partial charge in [0.2, 0.25) is 5.91 Å². The fourth-order valence-corrected chi connectivity index (χ4v) is 3.57. The monoisotopic (exact) mass is 285 g/mol. The minimum atomic E-state index is -0.505. The summed E-state index contributed by atoms with van der Waals surface area (Å²) < 4.78 is 1.97. The van der Waals surface area contributed by atoms with Gasteiger partial charge in [-0.25, -0.2) is 4.98 Å². The molecule has 2 aromatic heterocycles. The maximum absolute atomic E-state index is 12.5. The van der Waals surface area contributed by atoms with E-state index in [1.54, 1.807) is 18.6 Å². The second kappa shape index (κ2) is 4.27. The van der Waals surface area contributed by atoms with Crippen LogP contribution in [0.4, 0.5) is 0 Å². The molecule has 6 nitrogen and oxygen atoms in total. The van der Waals surface area contributed by atoms with E-state index < -0.39 is 5.54 Å². The van der Waals surface area contributed by atoms with Crippen molar-refractivity contribution in [3.8, 4) is 0 Å². The molecule has 110 valence electrons. The molecule has 0 radical (unpaired) electrons. The quantitative estimate of drug-likeness (QED) is 0.864. The number of amides is 1. The molecule has 1 aliphatic heterocycles. The van der Waals surface area contributed by atoms with Crippen LogP contribution in [-0.4, -0.2) is 33.4 Å². The smallest absolute Gasteiger partial charge is 0.224 e. The van der Waals surface area contributed by atoms with Crippen molar-refractivity contribution >= 4 is 11.4 Å². The van der Waals surface area contributed by atoms with Crippen molar-refractivity contribution in [1.82, 2.24) is 25.0 Å². The highest BCUT2D eigenvalue weighted by molar-refractivity contribution is 5.83. The van der Waals surface area contributed by atoms with Gasteiger partial charge in [0.25, 0.3) is 0 Å². The standard InChI is InChI=1S/C15H19N5O/c1-15(2,14-18-6-9-5-16-3-4-20(9)14)19-13(21)12-10-7-17-8-11(10)12/h3-6,10-12,17H,7-8H2,1-2H3,(H,19,21)/t10-,11+,12+. The first-order chi connectivity index (χ1) is 10.1. The minimum Gasteiger partial charge on any atom is -0.344 e. The Kier molecular flexibility index (Phi) is 2.60. The summed E-state index contributed by atoms with van der Waals surface area (Å²) in [6, 6.07) is 0. The number of carbonyl (C=O) groups excluding carboxylic acids is 1. The molecular weight excluding hydrogens is 266 g/mol. The van der Waals surface area contributed by atoms with Crippen LogP contribution < -0.4 is 10.6 Å². The number of rotatable bonds is 3. The average Bonchev–Trinajstić information content (AvgIpc) is 2.82. The van der Waals surface area contributed by atoms with Crippen LogP contribution in [0.15, 0.2) is 24.8 Å². The third kappa shape index (κ3) is 1.93. The molecule has 1 amide bonds. The van der Waals surface area contributed by atoms with Gasteiger partial charge >= 0.3 is 0 Å². The fraction of sp³-hybridized carbons (Fsp3) is 0.533. The van der Waals surface area contributed by atoms with Crippen LogP contribution in [-0.2, 0) is 10.3 Å². The van der Waals surface area contributed by atoms with Crippen LogP contribution >= 0.6 is 0 Å². The predicted molar refractivity (Wildman–Crippen MR) is 77.5 cm³/mol. The van der Waals surface area contributed by atoms with E-state index in [1.807, 2.05) is 24.4 Å². The van der Waals surface area contributed by atoms with Crippen molar-refractivity contribution < 1.29 is 4.79 Å². The molecule has 21 heavy (non-hydrogen) atoms. The Morgan fingerprint density at radius 1 is 1.38 bits per heavy atom. The molecule has 2 aliphatic rings. The zero-order valence-electron chi connectivity index (χ0n) is 12.2. The van der Waals surface area contributed by atoms with Gasteiger partial charge in [-0.3, -0.25) is 14.2 Å². The third-order valence-corrected chi connectivity index (χ3v) is 4.72. The number of fused-ring (bicyclic) bond motifs is 2. The first-order valence-corrected chi connectivity index (χ1v) is 7.38. The van der Waals surface area contributed by atoms with Crippen LogP contribution in [0.5, 0.6) is 0 Å². The van der Waals surface area contributed by atoms with Crippen molar-refractivity contribution in [2.45, 2.75) is 19.4 Å². The lowest BCUT2D eigenvalue weighted by molar-refractivity contribution is -0.124. The summed E-state index contributed by atoms with van der Waals surface area (Å²) in [6.45, 7) is 5.94. The molecular formula is C15H19N5O. The molecule has 0 bridgehead atoms. The number of piperidine rings is 1. The number of hydrogen-bond donors (Lipinski definition) is 2. The van der Waals surface area contributed by atoms with Crippen LogP contribution in [0, 0.1) is 17.8 Å². The molecule has 6 heteroatoms. The summed E-state index contributed by atoms with van der Waals surface area (Å²) in [7, 11) is 0. The van der Waals surface area contributed by atoms with E-state index in [1.165, 1.54) is 0 Å². The summed E-state index contributed by atoms with van der Waals surface area (Å²) in [4.78, 5) is 21.0. The van der Waals surface area contributed by atoms with E-state index in [4.69, 9.17) is 0 Å². The zero-order valence-corrected chi connectivity index (χ0v) is 12.2. The number of nitrogens with zero attached hydrogens (tertiary/aromatic N) is 3. The molecule has 2 aromatic rings. The highest BCUT2D eigenvalue weighted by Crippen LogP contribution is 2.49. The summed E-state index contributed by atoms with van der Waals surface area (Å²) in [5.74, 6) is 2.22. The molecule has 4 rings (SSSR count). The first kappa shape index (κ1) is 12.8. The number of imidazole rings is 1. The molecule has 0 spiro atoms. The number of aromatic nitrogens is 3. The zero-order chi connectivity index (χ0) is 14.6. The van der Waals surface area contributed by atoms with E-state index in [-0.39, 0.29) is 11.8 Å². The van der Waals surface area contributed by atoms with Crippen molar-refractivity contribution in [2.24, 2.45) is 17.8 Å². The SMILES string of the molecule is CC(C)(NC(=O)[C@H]1[C@@H]2CNC[C@@H]21)c1ncc2cnccn12. The second-order valence-corrected chi connectivity index (χ2v) is 6.58. The van der Waals surface area contributed by atoms with Gasteiger partial charge in [-0.1, -0.05) is 0 Å². The van der Waals surface area contributed by atoms with Gasteiger partial charge < -0.3 is 10.6 Å². The van der Waals surface area contributed by atoms with Crippen molar-refractivity contribution in [2.75, 3.05) is 13.1 Å². The fourth-order valence-electron chi connectivity index (χ4n) is 3.57. The Labute approximate surface area is 123 Å². The molecule has 3 heterocycles. The molecule has 2 fully saturated rings. The van der Waals surface area contributed by atoms with Crippen LogP contribution in [0.3, 0.4) is 0 Å². The van der Waals surface area contributed by atoms with Gasteiger partial charge in [-0.2, -0.15) is 0 Å².